The molecular weight excluding hydrogens is 258 g/mol. The van der Waals surface area contributed by atoms with Gasteiger partial charge in [-0.3, -0.25) is 9.78 Å². The molecule has 0 N–H and O–H groups in total. The van der Waals surface area contributed by atoms with Gasteiger partial charge in [-0.2, -0.15) is 0 Å². The minimum Gasteiger partial charge on any atom is -0.299 e. The van der Waals surface area contributed by atoms with Crippen molar-refractivity contribution in [2.24, 2.45) is 22.2 Å². The molecule has 1 aromatic rings. The highest BCUT2D eigenvalue weighted by Crippen LogP contribution is 2.69. The zero-order chi connectivity index (χ0) is 14.7. The quantitative estimate of drug-likeness (QED) is 0.832. The van der Waals surface area contributed by atoms with E-state index in [1.165, 1.54) is 19.3 Å². The van der Waals surface area contributed by atoms with E-state index in [1.54, 1.807) is 6.20 Å². The van der Waals surface area contributed by atoms with Crippen LogP contribution in [0.1, 0.15) is 57.9 Å². The summed E-state index contributed by atoms with van der Waals surface area (Å²) in [6.45, 7) is 4.86. The molecular formula is C19H25NO. The van der Waals surface area contributed by atoms with Crippen molar-refractivity contribution in [2.45, 2.75) is 58.8 Å². The topological polar surface area (TPSA) is 30.0 Å². The summed E-state index contributed by atoms with van der Waals surface area (Å²) in [5.41, 5.74) is 1.88. The lowest BCUT2D eigenvalue weighted by atomic mass is 9.39. The van der Waals surface area contributed by atoms with E-state index in [1.807, 2.05) is 18.3 Å². The van der Waals surface area contributed by atoms with Gasteiger partial charge in [0.25, 0.3) is 0 Å². The van der Waals surface area contributed by atoms with Gasteiger partial charge >= 0.3 is 0 Å². The van der Waals surface area contributed by atoms with Gasteiger partial charge in [-0.1, -0.05) is 19.9 Å². The average molecular weight is 283 g/mol. The summed E-state index contributed by atoms with van der Waals surface area (Å²) in [5, 5.41) is 0. The molecule has 0 saturated heterocycles. The molecule has 0 amide bonds. The van der Waals surface area contributed by atoms with E-state index >= 15 is 0 Å². The smallest absolute Gasteiger partial charge is 0.143 e. The fourth-order valence-electron chi connectivity index (χ4n) is 6.63. The molecule has 4 aliphatic carbocycles. The minimum absolute atomic E-state index is 0.0290. The summed E-state index contributed by atoms with van der Waals surface area (Å²) in [6, 6.07) is 3.97. The van der Waals surface area contributed by atoms with Crippen molar-refractivity contribution in [3.63, 3.8) is 0 Å². The van der Waals surface area contributed by atoms with Crippen LogP contribution in [-0.2, 0) is 11.2 Å². The maximum atomic E-state index is 13.1. The van der Waals surface area contributed by atoms with Crippen LogP contribution in [0.15, 0.2) is 24.5 Å². The molecule has 0 aromatic carbocycles. The van der Waals surface area contributed by atoms with Crippen molar-refractivity contribution in [1.29, 1.82) is 0 Å². The lowest BCUT2D eigenvalue weighted by molar-refractivity contribution is -0.167. The number of nitrogens with zero attached hydrogens (tertiary/aromatic N) is 1. The van der Waals surface area contributed by atoms with Gasteiger partial charge in [0.2, 0.25) is 0 Å². The van der Waals surface area contributed by atoms with Gasteiger partial charge in [-0.25, -0.2) is 0 Å². The summed E-state index contributed by atoms with van der Waals surface area (Å²) >= 11 is 0. The van der Waals surface area contributed by atoms with E-state index in [-0.39, 0.29) is 5.41 Å². The van der Waals surface area contributed by atoms with Crippen molar-refractivity contribution in [1.82, 2.24) is 4.98 Å². The number of ketones is 1. The first-order chi connectivity index (χ1) is 9.91. The minimum atomic E-state index is -0.0290. The summed E-state index contributed by atoms with van der Waals surface area (Å²) in [6.07, 6.45) is 11.6. The molecule has 2 unspecified atom stereocenters. The third kappa shape index (κ3) is 2.15. The Labute approximate surface area is 127 Å². The number of aromatic nitrogens is 1. The Hall–Kier alpha value is -1.18. The standard InChI is InChI=1S/C19H25NO/c1-17-7-15-8-18(2,11-17)13-19(9-15,12-17)16(21)6-14-4-3-5-20-10-14/h3-5,10,15H,6-9,11-13H2,1-2H3. The molecule has 4 bridgehead atoms. The Kier molecular flexibility index (Phi) is 2.68. The molecule has 4 fully saturated rings. The number of carbonyl (C=O) groups is 1. The van der Waals surface area contributed by atoms with Crippen LogP contribution in [0.4, 0.5) is 0 Å². The predicted octanol–water partition coefficient (Wildman–Crippen LogP) is 4.19. The van der Waals surface area contributed by atoms with Crippen molar-refractivity contribution in [3.8, 4) is 0 Å². The van der Waals surface area contributed by atoms with Crippen molar-refractivity contribution < 1.29 is 4.79 Å². The van der Waals surface area contributed by atoms with Crippen molar-refractivity contribution >= 4 is 5.78 Å². The van der Waals surface area contributed by atoms with Crippen LogP contribution in [0.2, 0.25) is 0 Å². The highest BCUT2D eigenvalue weighted by atomic mass is 16.1. The summed E-state index contributed by atoms with van der Waals surface area (Å²) < 4.78 is 0. The van der Waals surface area contributed by atoms with E-state index in [2.05, 4.69) is 18.8 Å². The Bertz CT molecular complexity index is 560. The van der Waals surface area contributed by atoms with Crippen LogP contribution in [0.25, 0.3) is 0 Å². The first kappa shape index (κ1) is 13.5. The molecule has 2 atom stereocenters. The van der Waals surface area contributed by atoms with Crippen LogP contribution < -0.4 is 0 Å². The van der Waals surface area contributed by atoms with Gasteiger partial charge in [0.15, 0.2) is 0 Å². The van der Waals surface area contributed by atoms with Gasteiger partial charge in [0, 0.05) is 24.2 Å². The molecule has 4 saturated carbocycles. The number of carbonyl (C=O) groups excluding carboxylic acids is 1. The van der Waals surface area contributed by atoms with Crippen molar-refractivity contribution in [2.75, 3.05) is 0 Å². The van der Waals surface area contributed by atoms with Crippen LogP contribution in [0.3, 0.4) is 0 Å². The van der Waals surface area contributed by atoms with Gasteiger partial charge in [-0.15, -0.1) is 0 Å². The highest BCUT2D eigenvalue weighted by Gasteiger charge is 2.62. The highest BCUT2D eigenvalue weighted by molar-refractivity contribution is 5.87. The van der Waals surface area contributed by atoms with E-state index in [0.29, 0.717) is 23.0 Å². The molecule has 0 aliphatic heterocycles. The Morgan fingerprint density at radius 3 is 2.48 bits per heavy atom. The molecule has 2 nitrogen and oxygen atoms in total. The molecule has 112 valence electrons. The van der Waals surface area contributed by atoms with Gasteiger partial charge in [0.1, 0.15) is 5.78 Å². The lowest BCUT2D eigenvalue weighted by Gasteiger charge is -2.64. The molecule has 21 heavy (non-hydrogen) atoms. The Morgan fingerprint density at radius 1 is 1.19 bits per heavy atom. The predicted molar refractivity (Wildman–Crippen MR) is 82.8 cm³/mol. The molecule has 2 heteroatoms. The number of hydrogen-bond donors (Lipinski definition) is 0. The van der Waals surface area contributed by atoms with E-state index < -0.39 is 0 Å². The van der Waals surface area contributed by atoms with E-state index in [4.69, 9.17) is 0 Å². The zero-order valence-electron chi connectivity index (χ0n) is 13.2. The molecule has 1 heterocycles. The molecule has 1 aromatic heterocycles. The summed E-state index contributed by atoms with van der Waals surface area (Å²) in [7, 11) is 0. The lowest BCUT2D eigenvalue weighted by Crippen LogP contribution is -2.57. The fraction of sp³-hybridized carbons (Fsp3) is 0.684. The fourth-order valence-corrected chi connectivity index (χ4v) is 6.63. The van der Waals surface area contributed by atoms with Crippen LogP contribution in [-0.4, -0.2) is 10.8 Å². The molecule has 0 radical (unpaired) electrons. The van der Waals surface area contributed by atoms with Gasteiger partial charge in [-0.05, 0) is 66.9 Å². The Morgan fingerprint density at radius 2 is 1.90 bits per heavy atom. The number of pyridine rings is 1. The second-order valence-corrected chi connectivity index (χ2v) is 8.87. The number of rotatable bonds is 3. The first-order valence-electron chi connectivity index (χ1n) is 8.33. The molecule has 5 rings (SSSR count). The molecule has 4 aliphatic rings. The van der Waals surface area contributed by atoms with Crippen LogP contribution in [0, 0.1) is 22.2 Å². The summed E-state index contributed by atoms with van der Waals surface area (Å²) in [4.78, 5) is 17.3. The maximum absolute atomic E-state index is 13.1. The van der Waals surface area contributed by atoms with Gasteiger partial charge < -0.3 is 0 Å². The second kappa shape index (κ2) is 4.18. The van der Waals surface area contributed by atoms with E-state index in [0.717, 1.165) is 30.7 Å². The summed E-state index contributed by atoms with van der Waals surface area (Å²) in [5.74, 6) is 1.27. The monoisotopic (exact) mass is 283 g/mol. The normalized spacial score (nSPS) is 44.0. The van der Waals surface area contributed by atoms with Gasteiger partial charge in [0.05, 0.1) is 0 Å². The van der Waals surface area contributed by atoms with Crippen LogP contribution >= 0.6 is 0 Å². The first-order valence-corrected chi connectivity index (χ1v) is 8.33. The zero-order valence-corrected chi connectivity index (χ0v) is 13.2. The maximum Gasteiger partial charge on any atom is 0.143 e. The second-order valence-electron chi connectivity index (χ2n) is 8.87. The largest absolute Gasteiger partial charge is 0.299 e. The number of Topliss-reactive ketones (excluding diaryl/α,β-unsaturated/α-hetero) is 1. The number of hydrogen-bond acceptors (Lipinski definition) is 2. The third-order valence-electron chi connectivity index (χ3n) is 6.31. The molecule has 0 spiro atoms. The van der Waals surface area contributed by atoms with E-state index in [9.17, 15) is 4.79 Å². The average Bonchev–Trinajstić information content (AvgIpc) is 2.35. The SMILES string of the molecule is CC12CC3CC(C)(C1)CC(C(=O)Cc1cccnc1)(C3)C2. The Balaban J connectivity index is 1.63. The van der Waals surface area contributed by atoms with Crippen LogP contribution in [0.5, 0.6) is 0 Å². The third-order valence-corrected chi connectivity index (χ3v) is 6.31. The van der Waals surface area contributed by atoms with Crippen molar-refractivity contribution in [3.05, 3.63) is 30.1 Å².